The minimum atomic E-state index is -0.0292. The van der Waals surface area contributed by atoms with Gasteiger partial charge in [-0.2, -0.15) is 0 Å². The van der Waals surface area contributed by atoms with Crippen molar-refractivity contribution in [3.63, 3.8) is 0 Å². The summed E-state index contributed by atoms with van der Waals surface area (Å²) >= 11 is 0. The summed E-state index contributed by atoms with van der Waals surface area (Å²) in [6.07, 6.45) is 17.2. The maximum atomic E-state index is 12.6. The fourth-order valence-electron chi connectivity index (χ4n) is 6.11. The molecule has 0 heterocycles. The molecule has 0 N–H and O–H groups in total. The summed E-state index contributed by atoms with van der Waals surface area (Å²) in [4.78, 5) is 24.4. The Morgan fingerprint density at radius 2 is 1.24 bits per heavy atom. The molecule has 0 atom stereocenters. The van der Waals surface area contributed by atoms with E-state index in [1.807, 2.05) is 0 Å². The van der Waals surface area contributed by atoms with Crippen LogP contribution in [0.3, 0.4) is 0 Å². The smallest absolute Gasteiger partial charge is 0.309 e. The summed E-state index contributed by atoms with van der Waals surface area (Å²) in [6, 6.07) is 0. The van der Waals surface area contributed by atoms with Crippen molar-refractivity contribution in [1.82, 2.24) is 0 Å². The lowest BCUT2D eigenvalue weighted by Gasteiger charge is -2.37. The molecule has 3 rings (SSSR count). The molecule has 0 aromatic heterocycles. The quantitative estimate of drug-likeness (QED) is 0.482. The van der Waals surface area contributed by atoms with Crippen molar-refractivity contribution in [2.24, 2.45) is 29.6 Å². The van der Waals surface area contributed by atoms with Crippen LogP contribution in [0.4, 0.5) is 0 Å². The molecule has 0 radical (unpaired) electrons. The normalized spacial score (nSPS) is 35.7. The zero-order valence-electron chi connectivity index (χ0n) is 18.7. The summed E-state index contributed by atoms with van der Waals surface area (Å²) in [5, 5.41) is 0. The topological polar surface area (TPSA) is 52.6 Å². The number of rotatable bonds is 7. The van der Waals surface area contributed by atoms with Gasteiger partial charge in [-0.05, 0) is 94.8 Å². The first-order valence-corrected chi connectivity index (χ1v) is 12.4. The second-order valence-corrected chi connectivity index (χ2v) is 9.97. The first kappa shape index (κ1) is 22.6. The van der Waals surface area contributed by atoms with Gasteiger partial charge >= 0.3 is 11.9 Å². The van der Waals surface area contributed by atoms with Crippen LogP contribution in [-0.4, -0.2) is 25.2 Å². The molecule has 4 heteroatoms. The largest absolute Gasteiger partial charge is 0.469 e. The number of hydrogen-bond acceptors (Lipinski definition) is 4. The number of hydrogen-bond donors (Lipinski definition) is 0. The van der Waals surface area contributed by atoms with Crippen LogP contribution in [0.5, 0.6) is 0 Å². The zero-order valence-corrected chi connectivity index (χ0v) is 18.7. The van der Waals surface area contributed by atoms with E-state index in [0.717, 1.165) is 69.1 Å². The zero-order chi connectivity index (χ0) is 20.6. The van der Waals surface area contributed by atoms with Gasteiger partial charge in [-0.1, -0.05) is 26.2 Å². The van der Waals surface area contributed by atoms with Crippen molar-refractivity contribution in [2.75, 3.05) is 7.11 Å². The lowest BCUT2D eigenvalue weighted by molar-refractivity contribution is -0.157. The Kier molecular flexibility index (Phi) is 8.86. The predicted molar refractivity (Wildman–Crippen MR) is 114 cm³/mol. The third-order valence-electron chi connectivity index (χ3n) is 8.12. The van der Waals surface area contributed by atoms with Crippen molar-refractivity contribution in [1.29, 1.82) is 0 Å². The minimum absolute atomic E-state index is 0.0292. The average molecular weight is 407 g/mol. The van der Waals surface area contributed by atoms with E-state index in [1.54, 1.807) is 0 Å². The van der Waals surface area contributed by atoms with Crippen molar-refractivity contribution < 1.29 is 19.1 Å². The molecular formula is C25H42O4. The molecule has 0 spiro atoms. The van der Waals surface area contributed by atoms with Gasteiger partial charge in [-0.15, -0.1) is 0 Å². The highest BCUT2D eigenvalue weighted by Crippen LogP contribution is 2.41. The molecule has 3 aliphatic rings. The highest BCUT2D eigenvalue weighted by Gasteiger charge is 2.35. The third kappa shape index (κ3) is 6.46. The first-order chi connectivity index (χ1) is 14.1. The number of carbonyl (C=O) groups is 2. The predicted octanol–water partition coefficient (Wildman–Crippen LogP) is 6.06. The van der Waals surface area contributed by atoms with Crippen molar-refractivity contribution in [3.8, 4) is 0 Å². The first-order valence-electron chi connectivity index (χ1n) is 12.4. The summed E-state index contributed by atoms with van der Waals surface area (Å²) in [5.41, 5.74) is 0. The Morgan fingerprint density at radius 1 is 0.724 bits per heavy atom. The summed E-state index contributed by atoms with van der Waals surface area (Å²) in [7, 11) is 1.50. The van der Waals surface area contributed by atoms with Gasteiger partial charge in [0.05, 0.1) is 18.9 Å². The van der Waals surface area contributed by atoms with Gasteiger partial charge in [-0.25, -0.2) is 0 Å². The van der Waals surface area contributed by atoms with E-state index in [4.69, 9.17) is 9.47 Å². The molecule has 166 valence electrons. The molecule has 0 unspecified atom stereocenters. The maximum absolute atomic E-state index is 12.6. The van der Waals surface area contributed by atoms with Gasteiger partial charge in [0.15, 0.2) is 0 Å². The number of unbranched alkanes of at least 4 members (excludes halogenated alkanes) is 1. The van der Waals surface area contributed by atoms with Crippen LogP contribution < -0.4 is 0 Å². The van der Waals surface area contributed by atoms with Gasteiger partial charge in [-0.3, -0.25) is 9.59 Å². The van der Waals surface area contributed by atoms with E-state index < -0.39 is 0 Å². The standard InChI is InChI=1S/C25H42O4/c1-3-4-5-18-6-8-22(9-7-18)25(27)29-23-16-14-20(15-17-23)19-10-12-21(13-11-19)24(26)28-2/h18-23H,3-17H2,1-2H3. The van der Waals surface area contributed by atoms with E-state index in [0.29, 0.717) is 0 Å². The summed E-state index contributed by atoms with van der Waals surface area (Å²) < 4.78 is 10.9. The van der Waals surface area contributed by atoms with Crippen LogP contribution in [0, 0.1) is 29.6 Å². The molecule has 0 bridgehead atoms. The second-order valence-electron chi connectivity index (χ2n) is 9.97. The highest BCUT2D eigenvalue weighted by atomic mass is 16.5. The van der Waals surface area contributed by atoms with Gasteiger partial charge in [0.1, 0.15) is 6.10 Å². The van der Waals surface area contributed by atoms with Gasteiger partial charge in [0.25, 0.3) is 0 Å². The second kappa shape index (κ2) is 11.4. The highest BCUT2D eigenvalue weighted by molar-refractivity contribution is 5.73. The molecule has 4 nitrogen and oxygen atoms in total. The molecular weight excluding hydrogens is 364 g/mol. The number of carbonyl (C=O) groups excluding carboxylic acids is 2. The minimum Gasteiger partial charge on any atom is -0.469 e. The lowest BCUT2D eigenvalue weighted by Crippen LogP contribution is -2.33. The van der Waals surface area contributed by atoms with Crippen molar-refractivity contribution in [3.05, 3.63) is 0 Å². The molecule has 0 aromatic rings. The molecule has 0 aromatic carbocycles. The Morgan fingerprint density at radius 3 is 1.79 bits per heavy atom. The van der Waals surface area contributed by atoms with Gasteiger partial charge in [0.2, 0.25) is 0 Å². The Balaban J connectivity index is 1.33. The van der Waals surface area contributed by atoms with E-state index in [9.17, 15) is 9.59 Å². The van der Waals surface area contributed by atoms with Gasteiger partial charge < -0.3 is 9.47 Å². The third-order valence-corrected chi connectivity index (χ3v) is 8.12. The van der Waals surface area contributed by atoms with E-state index in [1.165, 1.54) is 52.1 Å². The number of esters is 2. The summed E-state index contributed by atoms with van der Waals surface area (Å²) in [6.45, 7) is 2.26. The van der Waals surface area contributed by atoms with E-state index in [2.05, 4.69) is 6.92 Å². The molecule has 0 amide bonds. The Bertz CT molecular complexity index is 507. The monoisotopic (exact) mass is 406 g/mol. The molecule has 3 aliphatic carbocycles. The fourth-order valence-corrected chi connectivity index (χ4v) is 6.11. The summed E-state index contributed by atoms with van der Waals surface area (Å²) in [5.74, 6) is 2.65. The van der Waals surface area contributed by atoms with Crippen LogP contribution >= 0.6 is 0 Å². The van der Waals surface area contributed by atoms with Crippen LogP contribution in [0.15, 0.2) is 0 Å². The van der Waals surface area contributed by atoms with E-state index in [-0.39, 0.29) is 29.9 Å². The average Bonchev–Trinajstić information content (AvgIpc) is 2.78. The Hall–Kier alpha value is -1.06. The number of ether oxygens (including phenoxy) is 2. The molecule has 29 heavy (non-hydrogen) atoms. The molecule has 0 aliphatic heterocycles. The van der Waals surface area contributed by atoms with Gasteiger partial charge in [0, 0.05) is 0 Å². The fraction of sp³-hybridized carbons (Fsp3) is 0.920. The lowest BCUT2D eigenvalue weighted by atomic mass is 9.70. The molecule has 3 saturated carbocycles. The van der Waals surface area contributed by atoms with Crippen LogP contribution in [-0.2, 0) is 19.1 Å². The molecule has 0 saturated heterocycles. The molecule has 3 fully saturated rings. The maximum Gasteiger partial charge on any atom is 0.309 e. The van der Waals surface area contributed by atoms with Crippen molar-refractivity contribution in [2.45, 2.75) is 109 Å². The van der Waals surface area contributed by atoms with Crippen LogP contribution in [0.1, 0.15) is 103 Å². The Labute approximate surface area is 177 Å². The number of methoxy groups -OCH3 is 1. The van der Waals surface area contributed by atoms with Crippen LogP contribution in [0.2, 0.25) is 0 Å². The SMILES string of the molecule is CCCCC1CCC(C(=O)OC2CCC(C3CCC(C(=O)OC)CC3)CC2)CC1. The van der Waals surface area contributed by atoms with Crippen LogP contribution in [0.25, 0.3) is 0 Å². The van der Waals surface area contributed by atoms with Crippen molar-refractivity contribution >= 4 is 11.9 Å². The van der Waals surface area contributed by atoms with E-state index >= 15 is 0 Å².